The van der Waals surface area contributed by atoms with Crippen molar-refractivity contribution in [2.75, 3.05) is 0 Å². The van der Waals surface area contributed by atoms with Crippen LogP contribution in [0.15, 0.2) is 24.5 Å². The number of aryl methyl sites for hydroxylation is 3. The van der Waals surface area contributed by atoms with Crippen molar-refractivity contribution in [2.45, 2.75) is 20.8 Å². The molecule has 3 nitrogen and oxygen atoms in total. The van der Waals surface area contributed by atoms with Crippen LogP contribution >= 0.6 is 0 Å². The molecule has 15 heavy (non-hydrogen) atoms. The van der Waals surface area contributed by atoms with E-state index >= 15 is 0 Å². The van der Waals surface area contributed by atoms with Crippen LogP contribution in [0.5, 0.6) is 0 Å². The summed E-state index contributed by atoms with van der Waals surface area (Å²) in [5.74, 6) is 0. The normalized spacial score (nSPS) is 10.3. The highest BCUT2D eigenvalue weighted by molar-refractivity contribution is 5.60. The molecule has 0 N–H and O–H groups in total. The molecule has 0 bridgehead atoms. The van der Waals surface area contributed by atoms with Crippen molar-refractivity contribution in [3.05, 3.63) is 41.6 Å². The minimum Gasteiger partial charge on any atom is -0.261 e. The smallest absolute Gasteiger partial charge is 0.0906 e. The largest absolute Gasteiger partial charge is 0.261 e. The van der Waals surface area contributed by atoms with E-state index in [-0.39, 0.29) is 0 Å². The lowest BCUT2D eigenvalue weighted by atomic mass is 10.1. The minimum atomic E-state index is 0.889. The molecule has 0 aliphatic heterocycles. The molecule has 0 amide bonds. The fourth-order valence-corrected chi connectivity index (χ4v) is 1.55. The molecular weight excluding hydrogens is 186 g/mol. The van der Waals surface area contributed by atoms with Crippen molar-refractivity contribution >= 4 is 0 Å². The maximum absolute atomic E-state index is 4.43. The molecule has 0 saturated carbocycles. The van der Waals surface area contributed by atoms with E-state index in [9.17, 15) is 0 Å². The summed E-state index contributed by atoms with van der Waals surface area (Å²) in [5, 5.41) is 0. The van der Waals surface area contributed by atoms with E-state index in [0.717, 1.165) is 28.3 Å². The third-order valence-corrected chi connectivity index (χ3v) is 2.26. The highest BCUT2D eigenvalue weighted by atomic mass is 14.8. The number of aromatic nitrogens is 3. The molecule has 2 heterocycles. The van der Waals surface area contributed by atoms with Crippen molar-refractivity contribution < 1.29 is 0 Å². The van der Waals surface area contributed by atoms with Gasteiger partial charge in [-0.2, -0.15) is 0 Å². The molecular formula is C12H13N3. The molecule has 0 unspecified atom stereocenters. The predicted molar refractivity (Wildman–Crippen MR) is 59.5 cm³/mol. The number of nitrogens with zero attached hydrogens (tertiary/aromatic N) is 3. The molecule has 0 aliphatic carbocycles. The lowest BCUT2D eigenvalue weighted by molar-refractivity contribution is 1.09. The SMILES string of the molecule is Cc1cncc(-c2ccc(C)nc2C)n1. The Morgan fingerprint density at radius 3 is 2.33 bits per heavy atom. The van der Waals surface area contributed by atoms with Crippen LogP contribution in [-0.4, -0.2) is 15.0 Å². The first kappa shape index (κ1) is 9.77. The summed E-state index contributed by atoms with van der Waals surface area (Å²) in [5.41, 5.74) is 4.89. The van der Waals surface area contributed by atoms with Gasteiger partial charge in [-0.3, -0.25) is 9.97 Å². The zero-order valence-electron chi connectivity index (χ0n) is 9.15. The summed E-state index contributed by atoms with van der Waals surface area (Å²) < 4.78 is 0. The second-order valence-electron chi connectivity index (χ2n) is 3.63. The average Bonchev–Trinajstić information content (AvgIpc) is 2.17. The van der Waals surface area contributed by atoms with Crippen LogP contribution in [0.3, 0.4) is 0 Å². The van der Waals surface area contributed by atoms with Gasteiger partial charge in [-0.05, 0) is 32.9 Å². The molecule has 76 valence electrons. The first-order valence-electron chi connectivity index (χ1n) is 4.90. The Bertz CT molecular complexity index is 492. The lowest BCUT2D eigenvalue weighted by Crippen LogP contribution is -1.94. The molecule has 0 spiro atoms. The zero-order valence-corrected chi connectivity index (χ0v) is 9.15. The van der Waals surface area contributed by atoms with Gasteiger partial charge in [0.1, 0.15) is 0 Å². The number of hydrogen-bond acceptors (Lipinski definition) is 3. The quantitative estimate of drug-likeness (QED) is 0.708. The average molecular weight is 199 g/mol. The lowest BCUT2D eigenvalue weighted by Gasteiger charge is -2.05. The minimum absolute atomic E-state index is 0.889. The molecule has 0 fully saturated rings. The second-order valence-corrected chi connectivity index (χ2v) is 3.63. The van der Waals surface area contributed by atoms with Gasteiger partial charge in [-0.15, -0.1) is 0 Å². The van der Waals surface area contributed by atoms with Gasteiger partial charge >= 0.3 is 0 Å². The van der Waals surface area contributed by atoms with E-state index in [1.807, 2.05) is 32.9 Å². The Morgan fingerprint density at radius 1 is 0.867 bits per heavy atom. The van der Waals surface area contributed by atoms with E-state index in [1.165, 1.54) is 0 Å². The summed E-state index contributed by atoms with van der Waals surface area (Å²) in [7, 11) is 0. The van der Waals surface area contributed by atoms with Gasteiger partial charge in [0.05, 0.1) is 17.6 Å². The van der Waals surface area contributed by atoms with Gasteiger partial charge in [-0.25, -0.2) is 4.98 Å². The van der Waals surface area contributed by atoms with Crippen LogP contribution < -0.4 is 0 Å². The Morgan fingerprint density at radius 2 is 1.67 bits per heavy atom. The Balaban J connectivity index is 2.54. The van der Waals surface area contributed by atoms with E-state index in [1.54, 1.807) is 12.4 Å². The van der Waals surface area contributed by atoms with Crippen molar-refractivity contribution in [1.29, 1.82) is 0 Å². The zero-order chi connectivity index (χ0) is 10.8. The third kappa shape index (κ3) is 2.01. The third-order valence-electron chi connectivity index (χ3n) is 2.26. The van der Waals surface area contributed by atoms with Crippen LogP contribution in [0.1, 0.15) is 17.1 Å². The van der Waals surface area contributed by atoms with Crippen LogP contribution in [0.4, 0.5) is 0 Å². The fourth-order valence-electron chi connectivity index (χ4n) is 1.55. The molecule has 2 rings (SSSR count). The monoisotopic (exact) mass is 199 g/mol. The van der Waals surface area contributed by atoms with Gasteiger partial charge in [0.25, 0.3) is 0 Å². The van der Waals surface area contributed by atoms with Gasteiger partial charge in [0, 0.05) is 23.1 Å². The molecule has 0 aromatic carbocycles. The predicted octanol–water partition coefficient (Wildman–Crippen LogP) is 2.46. The second kappa shape index (κ2) is 3.77. The summed E-state index contributed by atoms with van der Waals surface area (Å²) in [6.07, 6.45) is 3.52. The molecule has 0 aliphatic rings. The molecule has 0 atom stereocenters. The highest BCUT2D eigenvalue weighted by Crippen LogP contribution is 2.19. The maximum Gasteiger partial charge on any atom is 0.0906 e. The van der Waals surface area contributed by atoms with E-state index in [4.69, 9.17) is 0 Å². The molecule has 0 radical (unpaired) electrons. The van der Waals surface area contributed by atoms with E-state index in [2.05, 4.69) is 15.0 Å². The van der Waals surface area contributed by atoms with Crippen molar-refractivity contribution in [2.24, 2.45) is 0 Å². The summed E-state index contributed by atoms with van der Waals surface area (Å²) in [6.45, 7) is 5.92. The molecule has 3 heteroatoms. The van der Waals surface area contributed by atoms with Gasteiger partial charge < -0.3 is 0 Å². The van der Waals surface area contributed by atoms with Gasteiger partial charge in [-0.1, -0.05) is 0 Å². The fraction of sp³-hybridized carbons (Fsp3) is 0.250. The molecule has 0 saturated heterocycles. The van der Waals surface area contributed by atoms with Crippen molar-refractivity contribution in [3.63, 3.8) is 0 Å². The number of rotatable bonds is 1. The van der Waals surface area contributed by atoms with Crippen LogP contribution in [0.2, 0.25) is 0 Å². The maximum atomic E-state index is 4.43. The molecule has 2 aromatic rings. The first-order valence-corrected chi connectivity index (χ1v) is 4.90. The van der Waals surface area contributed by atoms with Gasteiger partial charge in [0.15, 0.2) is 0 Å². The standard InChI is InChI=1S/C12H13N3/c1-8-4-5-11(10(3)14-8)12-7-13-6-9(2)15-12/h4-7H,1-3H3. The van der Waals surface area contributed by atoms with E-state index in [0.29, 0.717) is 0 Å². The Hall–Kier alpha value is -1.77. The topological polar surface area (TPSA) is 38.7 Å². The van der Waals surface area contributed by atoms with Crippen molar-refractivity contribution in [1.82, 2.24) is 15.0 Å². The first-order chi connectivity index (χ1) is 7.16. The van der Waals surface area contributed by atoms with Crippen LogP contribution in [-0.2, 0) is 0 Å². The summed E-state index contributed by atoms with van der Waals surface area (Å²) in [6, 6.07) is 4.04. The number of hydrogen-bond donors (Lipinski definition) is 0. The summed E-state index contributed by atoms with van der Waals surface area (Å²) in [4.78, 5) is 13.0. The Labute approximate surface area is 89.2 Å². The van der Waals surface area contributed by atoms with Gasteiger partial charge in [0.2, 0.25) is 0 Å². The van der Waals surface area contributed by atoms with Crippen LogP contribution in [0, 0.1) is 20.8 Å². The van der Waals surface area contributed by atoms with Crippen LogP contribution in [0.25, 0.3) is 11.3 Å². The molecule has 2 aromatic heterocycles. The highest BCUT2D eigenvalue weighted by Gasteiger charge is 2.04. The number of pyridine rings is 1. The van der Waals surface area contributed by atoms with Crippen molar-refractivity contribution in [3.8, 4) is 11.3 Å². The Kier molecular flexibility index (Phi) is 2.46. The summed E-state index contributed by atoms with van der Waals surface area (Å²) >= 11 is 0. The van der Waals surface area contributed by atoms with E-state index < -0.39 is 0 Å².